The molecule has 0 radical (unpaired) electrons. The van der Waals surface area contributed by atoms with Crippen molar-refractivity contribution >= 4 is 34.2 Å². The zero-order chi connectivity index (χ0) is 12.7. The highest BCUT2D eigenvalue weighted by molar-refractivity contribution is 14.1. The summed E-state index contributed by atoms with van der Waals surface area (Å²) in [6.45, 7) is 6.36. The third kappa shape index (κ3) is 4.76. The normalized spacial score (nSPS) is 11.8. The van der Waals surface area contributed by atoms with E-state index in [0.29, 0.717) is 0 Å². The molecule has 0 saturated heterocycles. The molecule has 1 N–H and O–H groups in total. The number of hydrogen-bond acceptors (Lipinski definition) is 1. The Kier molecular flexibility index (Phi) is 6.82. The number of nitrogens with one attached hydrogen (secondary N) is 1. The van der Waals surface area contributed by atoms with E-state index in [0.717, 1.165) is 31.8 Å². The first-order valence-electron chi connectivity index (χ1n) is 6.17. The van der Waals surface area contributed by atoms with Crippen LogP contribution in [0.25, 0.3) is 0 Å². The first kappa shape index (κ1) is 15.3. The highest BCUT2D eigenvalue weighted by Crippen LogP contribution is 2.26. The predicted molar refractivity (Wildman–Crippen MR) is 84.6 cm³/mol. The molecule has 96 valence electrons. The maximum atomic E-state index is 6.09. The van der Waals surface area contributed by atoms with Crippen molar-refractivity contribution in [2.45, 2.75) is 33.2 Å². The van der Waals surface area contributed by atoms with Crippen molar-refractivity contribution in [2.24, 2.45) is 5.41 Å². The molecular formula is C14H21ClIN. The molecule has 0 aliphatic rings. The lowest BCUT2D eigenvalue weighted by atomic mass is 9.84. The summed E-state index contributed by atoms with van der Waals surface area (Å²) < 4.78 is 1.28. The fourth-order valence-corrected chi connectivity index (χ4v) is 2.64. The van der Waals surface area contributed by atoms with Crippen LogP contribution < -0.4 is 5.32 Å². The second kappa shape index (κ2) is 7.59. The summed E-state index contributed by atoms with van der Waals surface area (Å²) in [5.74, 6) is 0.736. The van der Waals surface area contributed by atoms with Crippen molar-refractivity contribution in [1.82, 2.24) is 5.32 Å². The van der Waals surface area contributed by atoms with Gasteiger partial charge < -0.3 is 5.32 Å². The van der Waals surface area contributed by atoms with Gasteiger partial charge in [0.05, 0.1) is 0 Å². The van der Waals surface area contributed by atoms with Crippen molar-refractivity contribution in [1.29, 1.82) is 0 Å². The summed E-state index contributed by atoms with van der Waals surface area (Å²) in [4.78, 5) is 0. The van der Waals surface area contributed by atoms with Gasteiger partial charge in [-0.15, -0.1) is 11.6 Å². The molecule has 0 aliphatic heterocycles. The van der Waals surface area contributed by atoms with Crippen LogP contribution in [0, 0.1) is 8.99 Å². The van der Waals surface area contributed by atoms with E-state index >= 15 is 0 Å². The molecule has 1 aromatic rings. The highest BCUT2D eigenvalue weighted by atomic mass is 127. The Morgan fingerprint density at radius 3 is 2.24 bits per heavy atom. The van der Waals surface area contributed by atoms with Gasteiger partial charge in [0.1, 0.15) is 0 Å². The summed E-state index contributed by atoms with van der Waals surface area (Å²) in [6, 6.07) is 8.64. The topological polar surface area (TPSA) is 12.0 Å². The van der Waals surface area contributed by atoms with Crippen molar-refractivity contribution in [3.8, 4) is 0 Å². The minimum Gasteiger partial charge on any atom is -0.312 e. The number of alkyl halides is 1. The monoisotopic (exact) mass is 365 g/mol. The van der Waals surface area contributed by atoms with E-state index in [1.165, 1.54) is 9.13 Å². The molecule has 0 fully saturated rings. The maximum absolute atomic E-state index is 6.09. The Morgan fingerprint density at radius 1 is 1.18 bits per heavy atom. The quantitative estimate of drug-likeness (QED) is 0.557. The van der Waals surface area contributed by atoms with E-state index in [2.05, 4.69) is 66.0 Å². The van der Waals surface area contributed by atoms with Crippen LogP contribution in [0.3, 0.4) is 0 Å². The van der Waals surface area contributed by atoms with E-state index < -0.39 is 0 Å². The fraction of sp³-hybridized carbons (Fsp3) is 0.571. The molecule has 0 spiro atoms. The van der Waals surface area contributed by atoms with E-state index in [-0.39, 0.29) is 5.41 Å². The summed E-state index contributed by atoms with van der Waals surface area (Å²) in [7, 11) is 0. The molecule has 0 heterocycles. The van der Waals surface area contributed by atoms with Gasteiger partial charge in [-0.3, -0.25) is 0 Å². The summed E-state index contributed by atoms with van der Waals surface area (Å²) in [5.41, 5.74) is 1.59. The van der Waals surface area contributed by atoms with E-state index in [9.17, 15) is 0 Å². The average Bonchev–Trinajstić information content (AvgIpc) is 2.38. The molecular weight excluding hydrogens is 345 g/mol. The Balaban J connectivity index is 2.43. The van der Waals surface area contributed by atoms with Gasteiger partial charge in [0.25, 0.3) is 0 Å². The van der Waals surface area contributed by atoms with Crippen molar-refractivity contribution < 1.29 is 0 Å². The van der Waals surface area contributed by atoms with Gasteiger partial charge in [0.15, 0.2) is 0 Å². The van der Waals surface area contributed by atoms with Gasteiger partial charge >= 0.3 is 0 Å². The molecule has 1 rings (SSSR count). The number of halogens is 2. The predicted octanol–water partition coefficient (Wildman–Crippen LogP) is 4.43. The maximum Gasteiger partial charge on any atom is 0.0291 e. The Morgan fingerprint density at radius 2 is 1.76 bits per heavy atom. The van der Waals surface area contributed by atoms with Gasteiger partial charge in [-0.2, -0.15) is 0 Å². The fourth-order valence-electron chi connectivity index (χ4n) is 1.81. The first-order chi connectivity index (χ1) is 8.15. The standard InChI is InChI=1S/C14H21ClIN/c1-3-14(4-2,10-15)11-17-9-12-5-7-13(16)8-6-12/h5-8,17H,3-4,9-11H2,1-2H3. The highest BCUT2D eigenvalue weighted by Gasteiger charge is 2.24. The Labute approximate surface area is 123 Å². The van der Waals surface area contributed by atoms with Gasteiger partial charge in [-0.25, -0.2) is 0 Å². The van der Waals surface area contributed by atoms with Gasteiger partial charge in [-0.1, -0.05) is 26.0 Å². The largest absolute Gasteiger partial charge is 0.312 e. The second-order valence-electron chi connectivity index (χ2n) is 4.57. The van der Waals surface area contributed by atoms with Crippen molar-refractivity contribution in [2.75, 3.05) is 12.4 Å². The molecule has 3 heteroatoms. The van der Waals surface area contributed by atoms with Crippen LogP contribution in [-0.2, 0) is 6.54 Å². The number of rotatable bonds is 7. The molecule has 0 unspecified atom stereocenters. The van der Waals surface area contributed by atoms with Crippen LogP contribution >= 0.6 is 34.2 Å². The van der Waals surface area contributed by atoms with Crippen LogP contribution in [-0.4, -0.2) is 12.4 Å². The molecule has 17 heavy (non-hydrogen) atoms. The van der Waals surface area contributed by atoms with Crippen LogP contribution in [0.4, 0.5) is 0 Å². The molecule has 1 aromatic carbocycles. The van der Waals surface area contributed by atoms with Gasteiger partial charge in [-0.05, 0) is 58.5 Å². The number of hydrogen-bond donors (Lipinski definition) is 1. The zero-order valence-electron chi connectivity index (χ0n) is 10.6. The molecule has 0 amide bonds. The third-order valence-electron chi connectivity index (χ3n) is 3.53. The summed E-state index contributed by atoms with van der Waals surface area (Å²) in [5, 5.41) is 3.53. The molecule has 1 nitrogen and oxygen atoms in total. The SMILES string of the molecule is CCC(CC)(CCl)CNCc1ccc(I)cc1. The zero-order valence-corrected chi connectivity index (χ0v) is 13.5. The molecule has 0 aromatic heterocycles. The molecule has 0 bridgehead atoms. The molecule has 0 atom stereocenters. The van der Waals surface area contributed by atoms with Crippen LogP contribution in [0.15, 0.2) is 24.3 Å². The third-order valence-corrected chi connectivity index (χ3v) is 4.81. The lowest BCUT2D eigenvalue weighted by molar-refractivity contribution is 0.286. The minimum atomic E-state index is 0.255. The Bertz CT molecular complexity index is 311. The van der Waals surface area contributed by atoms with E-state index in [4.69, 9.17) is 11.6 Å². The smallest absolute Gasteiger partial charge is 0.0291 e. The van der Waals surface area contributed by atoms with Gasteiger partial charge in [0, 0.05) is 22.5 Å². The molecule has 0 saturated carbocycles. The number of benzene rings is 1. The van der Waals surface area contributed by atoms with Crippen LogP contribution in [0.1, 0.15) is 32.3 Å². The summed E-state index contributed by atoms with van der Waals surface area (Å²) in [6.07, 6.45) is 2.26. The average molecular weight is 366 g/mol. The van der Waals surface area contributed by atoms with E-state index in [1.54, 1.807) is 0 Å². The van der Waals surface area contributed by atoms with Crippen LogP contribution in [0.5, 0.6) is 0 Å². The summed E-state index contributed by atoms with van der Waals surface area (Å²) >= 11 is 8.41. The molecule has 0 aliphatic carbocycles. The Hall–Kier alpha value is 0.200. The van der Waals surface area contributed by atoms with E-state index in [1.807, 2.05) is 0 Å². The van der Waals surface area contributed by atoms with Crippen molar-refractivity contribution in [3.63, 3.8) is 0 Å². The van der Waals surface area contributed by atoms with Gasteiger partial charge in [0.2, 0.25) is 0 Å². The first-order valence-corrected chi connectivity index (χ1v) is 7.78. The second-order valence-corrected chi connectivity index (χ2v) is 6.08. The minimum absolute atomic E-state index is 0.255. The van der Waals surface area contributed by atoms with Crippen molar-refractivity contribution in [3.05, 3.63) is 33.4 Å². The lowest BCUT2D eigenvalue weighted by Gasteiger charge is -2.29. The van der Waals surface area contributed by atoms with Crippen LogP contribution in [0.2, 0.25) is 0 Å². The lowest BCUT2D eigenvalue weighted by Crippen LogP contribution is -2.34.